The number of benzene rings is 2. The highest BCUT2D eigenvalue weighted by atomic mass is 33.1. The van der Waals surface area contributed by atoms with E-state index >= 15 is 0 Å². The van der Waals surface area contributed by atoms with Gasteiger partial charge in [0.25, 0.3) is 5.91 Å². The van der Waals surface area contributed by atoms with Gasteiger partial charge in [0.05, 0.1) is 5.56 Å². The molecule has 0 bridgehead atoms. The van der Waals surface area contributed by atoms with Crippen molar-refractivity contribution < 1.29 is 23.5 Å². The summed E-state index contributed by atoms with van der Waals surface area (Å²) in [5.74, 6) is -0.728. The van der Waals surface area contributed by atoms with Gasteiger partial charge in [-0.05, 0) is 53.0 Å². The Labute approximate surface area is 229 Å². The number of hydrogen-bond donors (Lipinski definition) is 2. The molecule has 2 aromatic carbocycles. The maximum absolute atomic E-state index is 14.2. The number of halogens is 1. The molecule has 0 unspecified atom stereocenters. The van der Waals surface area contributed by atoms with Crippen molar-refractivity contribution in [1.29, 1.82) is 0 Å². The quantitative estimate of drug-likeness (QED) is 0.338. The zero-order chi connectivity index (χ0) is 27.6. The predicted molar refractivity (Wildman–Crippen MR) is 152 cm³/mol. The van der Waals surface area contributed by atoms with Crippen molar-refractivity contribution >= 4 is 49.6 Å². The first-order chi connectivity index (χ1) is 17.9. The van der Waals surface area contributed by atoms with Crippen LogP contribution in [0.25, 0.3) is 22.2 Å². The standard InChI is InChI=1S/C28H32FN3O4S2/c1-16(37-38-26(34)28(2,3)4)15-36-27(35)32(5)14-17-6-8-18(9-7-17)24-20-10-11-30-25(33)21-12-19(29)13-22(31-24)23(20)21/h6-9,12-13,16,31H,10-11,14-15H2,1-5H3,(H,30,33)/t16-/m1/s1. The first-order valence-corrected chi connectivity index (χ1v) is 14.6. The molecule has 0 spiro atoms. The molecule has 1 aliphatic rings. The fraction of sp³-hybridized carbons (Fsp3) is 0.393. The van der Waals surface area contributed by atoms with Crippen molar-refractivity contribution in [2.24, 2.45) is 5.41 Å². The lowest BCUT2D eigenvalue weighted by molar-refractivity contribution is -0.117. The molecule has 0 saturated carbocycles. The van der Waals surface area contributed by atoms with E-state index in [-0.39, 0.29) is 22.9 Å². The van der Waals surface area contributed by atoms with Crippen LogP contribution in [0.2, 0.25) is 0 Å². The second-order valence-corrected chi connectivity index (χ2v) is 13.1. The number of H-pyrrole nitrogens is 1. The van der Waals surface area contributed by atoms with Gasteiger partial charge >= 0.3 is 6.09 Å². The van der Waals surface area contributed by atoms with Crippen LogP contribution < -0.4 is 5.32 Å². The SMILES string of the molecule is C[C@H](COC(=O)N(C)Cc1ccc(-c2[nH]c3cc(F)cc4c3c2CCNC4=O)cc1)SSC(=O)C(C)(C)C. The molecule has 7 nitrogen and oxygen atoms in total. The van der Waals surface area contributed by atoms with Crippen LogP contribution in [-0.2, 0) is 22.5 Å². The smallest absolute Gasteiger partial charge is 0.409 e. The molecule has 3 aromatic rings. The Morgan fingerprint density at radius 1 is 1.18 bits per heavy atom. The highest BCUT2D eigenvalue weighted by Gasteiger charge is 2.25. The number of amides is 2. The molecular weight excluding hydrogens is 525 g/mol. The Kier molecular flexibility index (Phi) is 8.42. The van der Waals surface area contributed by atoms with Crippen LogP contribution in [0.1, 0.15) is 49.2 Å². The molecule has 2 heterocycles. The summed E-state index contributed by atoms with van der Waals surface area (Å²) in [5.41, 5.74) is 4.21. The zero-order valence-corrected chi connectivity index (χ0v) is 23.8. The summed E-state index contributed by atoms with van der Waals surface area (Å²) in [4.78, 5) is 41.8. The molecular formula is C28H32FN3O4S2. The van der Waals surface area contributed by atoms with E-state index in [0.717, 1.165) is 27.8 Å². The Hall–Kier alpha value is -2.98. The Bertz CT molecular complexity index is 1370. The number of ether oxygens (including phenoxy) is 1. The molecule has 2 amide bonds. The molecule has 1 aliphatic heterocycles. The number of nitrogens with zero attached hydrogens (tertiary/aromatic N) is 1. The zero-order valence-electron chi connectivity index (χ0n) is 22.1. The Morgan fingerprint density at radius 2 is 1.89 bits per heavy atom. The minimum absolute atomic E-state index is 0.0241. The van der Waals surface area contributed by atoms with E-state index in [9.17, 15) is 18.8 Å². The number of carbonyl (C=O) groups excluding carboxylic acids is 3. The van der Waals surface area contributed by atoms with Crippen molar-refractivity contribution in [2.75, 3.05) is 20.2 Å². The largest absolute Gasteiger partial charge is 0.448 e. The third-order valence-electron chi connectivity index (χ3n) is 6.19. The second-order valence-electron chi connectivity index (χ2n) is 10.5. The maximum Gasteiger partial charge on any atom is 0.409 e. The van der Waals surface area contributed by atoms with Gasteiger partial charge in [0.1, 0.15) is 12.4 Å². The number of carbonyl (C=O) groups is 3. The van der Waals surface area contributed by atoms with Crippen molar-refractivity contribution in [3.8, 4) is 11.3 Å². The molecule has 10 heteroatoms. The summed E-state index contributed by atoms with van der Waals surface area (Å²) in [5, 5.41) is 3.66. The van der Waals surface area contributed by atoms with Crippen LogP contribution in [0, 0.1) is 11.2 Å². The topological polar surface area (TPSA) is 91.5 Å². The van der Waals surface area contributed by atoms with Gasteiger partial charge in [-0.15, -0.1) is 0 Å². The number of rotatable bonds is 7. The highest BCUT2D eigenvalue weighted by molar-refractivity contribution is 8.82. The Morgan fingerprint density at radius 3 is 2.58 bits per heavy atom. The lowest BCUT2D eigenvalue weighted by Gasteiger charge is -2.20. The summed E-state index contributed by atoms with van der Waals surface area (Å²) in [6.45, 7) is 8.60. The third kappa shape index (κ3) is 6.35. The van der Waals surface area contributed by atoms with E-state index in [1.54, 1.807) is 7.05 Å². The second kappa shape index (κ2) is 11.4. The van der Waals surface area contributed by atoms with Crippen molar-refractivity contribution in [2.45, 2.75) is 45.9 Å². The maximum atomic E-state index is 14.2. The van der Waals surface area contributed by atoms with Crippen molar-refractivity contribution in [3.05, 3.63) is 58.9 Å². The monoisotopic (exact) mass is 557 g/mol. The van der Waals surface area contributed by atoms with Gasteiger partial charge in [-0.2, -0.15) is 0 Å². The van der Waals surface area contributed by atoms with Crippen LogP contribution in [0.5, 0.6) is 0 Å². The van der Waals surface area contributed by atoms with Crippen LogP contribution in [0.15, 0.2) is 36.4 Å². The van der Waals surface area contributed by atoms with Gasteiger partial charge in [0.2, 0.25) is 5.12 Å². The molecule has 2 N–H and O–H groups in total. The van der Waals surface area contributed by atoms with E-state index in [1.807, 2.05) is 52.0 Å². The fourth-order valence-electron chi connectivity index (χ4n) is 4.13. The number of nitrogens with one attached hydrogen (secondary N) is 2. The van der Waals surface area contributed by atoms with Gasteiger partial charge in [0, 0.05) is 47.4 Å². The lowest BCUT2D eigenvalue weighted by Crippen LogP contribution is -2.28. The van der Waals surface area contributed by atoms with Gasteiger partial charge < -0.3 is 19.9 Å². The highest BCUT2D eigenvalue weighted by Crippen LogP contribution is 2.36. The van der Waals surface area contributed by atoms with E-state index in [1.165, 1.54) is 38.6 Å². The Balaban J connectivity index is 1.38. The van der Waals surface area contributed by atoms with Crippen LogP contribution in [0.3, 0.4) is 0 Å². The van der Waals surface area contributed by atoms with Crippen LogP contribution >= 0.6 is 21.6 Å². The van der Waals surface area contributed by atoms with Gasteiger partial charge in [-0.25, -0.2) is 9.18 Å². The van der Waals surface area contributed by atoms with Gasteiger partial charge in [0.15, 0.2) is 0 Å². The van der Waals surface area contributed by atoms with Gasteiger partial charge in [-0.3, -0.25) is 9.59 Å². The van der Waals surface area contributed by atoms with Crippen molar-refractivity contribution in [1.82, 2.24) is 15.2 Å². The lowest BCUT2D eigenvalue weighted by atomic mass is 9.99. The number of hydrogen-bond acceptors (Lipinski definition) is 6. The van der Waals surface area contributed by atoms with E-state index < -0.39 is 17.3 Å². The molecule has 1 atom stereocenters. The van der Waals surface area contributed by atoms with Crippen LogP contribution in [-0.4, -0.2) is 52.4 Å². The summed E-state index contributed by atoms with van der Waals surface area (Å²) in [6, 6.07) is 10.5. The van der Waals surface area contributed by atoms with E-state index in [4.69, 9.17) is 4.74 Å². The first-order valence-electron chi connectivity index (χ1n) is 12.4. The summed E-state index contributed by atoms with van der Waals surface area (Å²) < 4.78 is 19.6. The van der Waals surface area contributed by atoms with Gasteiger partial charge in [-0.1, -0.05) is 55.8 Å². The minimum atomic E-state index is -0.459. The molecule has 1 aromatic heterocycles. The molecule has 202 valence electrons. The average molecular weight is 558 g/mol. The third-order valence-corrected chi connectivity index (χ3v) is 9.24. The normalized spacial score (nSPS) is 14.1. The van der Waals surface area contributed by atoms with Crippen LogP contribution in [0.4, 0.5) is 9.18 Å². The molecule has 0 aliphatic carbocycles. The van der Waals surface area contributed by atoms with Crippen molar-refractivity contribution in [3.63, 3.8) is 0 Å². The predicted octanol–water partition coefficient (Wildman–Crippen LogP) is 6.17. The van der Waals surface area contributed by atoms with E-state index in [2.05, 4.69) is 10.3 Å². The first kappa shape index (κ1) is 28.0. The fourth-order valence-corrected chi connectivity index (χ4v) is 6.43. The number of aromatic amines is 1. The molecule has 0 fully saturated rings. The summed E-state index contributed by atoms with van der Waals surface area (Å²) >= 11 is 0. The molecule has 0 saturated heterocycles. The summed E-state index contributed by atoms with van der Waals surface area (Å²) in [6.07, 6.45) is 0.201. The summed E-state index contributed by atoms with van der Waals surface area (Å²) in [7, 11) is 4.28. The molecule has 0 radical (unpaired) electrons. The minimum Gasteiger partial charge on any atom is -0.448 e. The average Bonchev–Trinajstić information content (AvgIpc) is 3.13. The molecule has 38 heavy (non-hydrogen) atoms. The van der Waals surface area contributed by atoms with E-state index in [0.29, 0.717) is 30.6 Å². The number of aromatic nitrogens is 1. The molecule has 4 rings (SSSR count).